The third-order valence-corrected chi connectivity index (χ3v) is 4.79. The van der Waals surface area contributed by atoms with Crippen LogP contribution >= 0.6 is 0 Å². The standard InChI is InChI=1S/C20H27NO3/c1-4-23-18-11-7-8-15-12-16(13-24-19(15)18)20(22)21(14(2)3)17-9-5-6-10-17/h7-8,11-12,14,17H,4-6,9-10,13H2,1-3H3. The monoisotopic (exact) mass is 329 g/mol. The second kappa shape index (κ2) is 7.29. The molecule has 0 N–H and O–H groups in total. The predicted octanol–water partition coefficient (Wildman–Crippen LogP) is 4.04. The predicted molar refractivity (Wildman–Crippen MR) is 95.3 cm³/mol. The molecule has 1 aromatic carbocycles. The molecule has 1 aromatic rings. The Morgan fingerprint density at radius 2 is 2.08 bits per heavy atom. The second-order valence-corrected chi connectivity index (χ2v) is 6.81. The number of ether oxygens (including phenoxy) is 2. The third kappa shape index (κ3) is 3.28. The average Bonchev–Trinajstić information content (AvgIpc) is 3.08. The van der Waals surface area contributed by atoms with Gasteiger partial charge in [0.15, 0.2) is 11.5 Å². The number of fused-ring (bicyclic) bond motifs is 1. The van der Waals surface area contributed by atoms with Crippen LogP contribution in [0.4, 0.5) is 0 Å². The number of nitrogens with zero attached hydrogens (tertiary/aromatic N) is 1. The number of benzene rings is 1. The highest BCUT2D eigenvalue weighted by Gasteiger charge is 2.32. The van der Waals surface area contributed by atoms with Crippen LogP contribution < -0.4 is 9.47 Å². The summed E-state index contributed by atoms with van der Waals surface area (Å²) in [5.74, 6) is 1.60. The number of rotatable bonds is 5. The van der Waals surface area contributed by atoms with Gasteiger partial charge < -0.3 is 14.4 Å². The zero-order chi connectivity index (χ0) is 17.1. The van der Waals surface area contributed by atoms with Crippen molar-refractivity contribution in [2.75, 3.05) is 13.2 Å². The number of para-hydroxylation sites is 1. The number of carbonyl (C=O) groups excluding carboxylic acids is 1. The summed E-state index contributed by atoms with van der Waals surface area (Å²) in [6.07, 6.45) is 6.63. The molecule has 0 atom stereocenters. The van der Waals surface area contributed by atoms with Crippen molar-refractivity contribution in [1.82, 2.24) is 4.90 Å². The van der Waals surface area contributed by atoms with Crippen LogP contribution in [0.25, 0.3) is 6.08 Å². The van der Waals surface area contributed by atoms with E-state index in [-0.39, 0.29) is 11.9 Å². The first-order chi connectivity index (χ1) is 11.6. The van der Waals surface area contributed by atoms with E-state index < -0.39 is 0 Å². The number of carbonyl (C=O) groups is 1. The van der Waals surface area contributed by atoms with E-state index in [1.54, 1.807) is 0 Å². The van der Waals surface area contributed by atoms with E-state index in [1.807, 2.05) is 31.2 Å². The summed E-state index contributed by atoms with van der Waals surface area (Å²) in [4.78, 5) is 15.1. The van der Waals surface area contributed by atoms with Gasteiger partial charge >= 0.3 is 0 Å². The molecule has 4 nitrogen and oxygen atoms in total. The lowest BCUT2D eigenvalue weighted by atomic mass is 10.0. The lowest BCUT2D eigenvalue weighted by Crippen LogP contribution is -2.45. The minimum absolute atomic E-state index is 0.115. The van der Waals surface area contributed by atoms with E-state index in [1.165, 1.54) is 12.8 Å². The van der Waals surface area contributed by atoms with Crippen LogP contribution in [-0.4, -0.2) is 36.1 Å². The largest absolute Gasteiger partial charge is 0.490 e. The van der Waals surface area contributed by atoms with Gasteiger partial charge in [-0.25, -0.2) is 0 Å². The molecule has 3 rings (SSSR count). The maximum atomic E-state index is 13.1. The quantitative estimate of drug-likeness (QED) is 0.818. The first-order valence-corrected chi connectivity index (χ1v) is 9.03. The fraction of sp³-hybridized carbons (Fsp3) is 0.550. The first kappa shape index (κ1) is 16.9. The van der Waals surface area contributed by atoms with Gasteiger partial charge in [0.25, 0.3) is 5.91 Å². The number of hydrogen-bond donors (Lipinski definition) is 0. The Morgan fingerprint density at radius 3 is 2.75 bits per heavy atom. The van der Waals surface area contributed by atoms with Gasteiger partial charge in [-0.15, -0.1) is 0 Å². The lowest BCUT2D eigenvalue weighted by Gasteiger charge is -2.34. The fourth-order valence-electron chi connectivity index (χ4n) is 3.74. The highest BCUT2D eigenvalue weighted by molar-refractivity contribution is 5.99. The molecule has 0 bridgehead atoms. The van der Waals surface area contributed by atoms with E-state index in [2.05, 4.69) is 18.7 Å². The normalized spacial score (nSPS) is 17.2. The maximum Gasteiger partial charge on any atom is 0.253 e. The summed E-state index contributed by atoms with van der Waals surface area (Å²) in [5, 5.41) is 0. The molecular weight excluding hydrogens is 302 g/mol. The van der Waals surface area contributed by atoms with Crippen molar-refractivity contribution in [2.45, 2.75) is 58.5 Å². The Hall–Kier alpha value is -1.97. The van der Waals surface area contributed by atoms with Crippen molar-refractivity contribution >= 4 is 12.0 Å². The second-order valence-electron chi connectivity index (χ2n) is 6.81. The Kier molecular flexibility index (Phi) is 5.12. The summed E-state index contributed by atoms with van der Waals surface area (Å²) in [6.45, 7) is 7.06. The first-order valence-electron chi connectivity index (χ1n) is 9.03. The Labute approximate surface area is 144 Å². The van der Waals surface area contributed by atoms with Crippen LogP contribution in [0, 0.1) is 0 Å². The van der Waals surface area contributed by atoms with Crippen LogP contribution in [0.3, 0.4) is 0 Å². The van der Waals surface area contributed by atoms with Crippen molar-refractivity contribution in [2.24, 2.45) is 0 Å². The molecule has 2 aliphatic rings. The molecule has 130 valence electrons. The zero-order valence-electron chi connectivity index (χ0n) is 14.9. The van der Waals surface area contributed by atoms with Gasteiger partial charge in [0.05, 0.1) is 12.2 Å². The van der Waals surface area contributed by atoms with Gasteiger partial charge in [0, 0.05) is 17.6 Å². The molecule has 0 radical (unpaired) electrons. The average molecular weight is 329 g/mol. The Morgan fingerprint density at radius 1 is 1.33 bits per heavy atom. The SMILES string of the molecule is CCOc1cccc2c1OCC(C(=O)N(C(C)C)C1CCCC1)=C2. The lowest BCUT2D eigenvalue weighted by molar-refractivity contribution is -0.131. The molecule has 24 heavy (non-hydrogen) atoms. The third-order valence-electron chi connectivity index (χ3n) is 4.79. The van der Waals surface area contributed by atoms with E-state index in [4.69, 9.17) is 9.47 Å². The smallest absolute Gasteiger partial charge is 0.253 e. The van der Waals surface area contributed by atoms with Crippen molar-refractivity contribution in [3.8, 4) is 11.5 Å². The molecule has 1 saturated carbocycles. The minimum Gasteiger partial charge on any atom is -0.490 e. The van der Waals surface area contributed by atoms with Crippen LogP contribution in [0.15, 0.2) is 23.8 Å². The molecule has 0 aromatic heterocycles. The highest BCUT2D eigenvalue weighted by Crippen LogP contribution is 2.36. The summed E-state index contributed by atoms with van der Waals surface area (Å²) < 4.78 is 11.5. The van der Waals surface area contributed by atoms with Crippen LogP contribution in [-0.2, 0) is 4.79 Å². The molecule has 1 aliphatic carbocycles. The van der Waals surface area contributed by atoms with Crippen molar-refractivity contribution < 1.29 is 14.3 Å². The summed E-state index contributed by atoms with van der Waals surface area (Å²) in [6, 6.07) is 6.39. The minimum atomic E-state index is 0.115. The topological polar surface area (TPSA) is 38.8 Å². The molecule has 1 heterocycles. The van der Waals surface area contributed by atoms with Gasteiger partial charge in [0.2, 0.25) is 0 Å². The van der Waals surface area contributed by atoms with Crippen LogP contribution in [0.2, 0.25) is 0 Å². The summed E-state index contributed by atoms with van der Waals surface area (Å²) >= 11 is 0. The molecule has 0 unspecified atom stereocenters. The van der Waals surface area contributed by atoms with Gasteiger partial charge in [0.1, 0.15) is 6.61 Å². The Balaban J connectivity index is 1.86. The zero-order valence-corrected chi connectivity index (χ0v) is 14.9. The molecule has 0 spiro atoms. The van der Waals surface area contributed by atoms with E-state index in [0.29, 0.717) is 19.3 Å². The maximum absolute atomic E-state index is 13.1. The Bertz CT molecular complexity index is 630. The highest BCUT2D eigenvalue weighted by atomic mass is 16.5. The number of amides is 1. The van der Waals surface area contributed by atoms with Crippen molar-refractivity contribution in [1.29, 1.82) is 0 Å². The van der Waals surface area contributed by atoms with Crippen molar-refractivity contribution in [3.63, 3.8) is 0 Å². The summed E-state index contributed by atoms with van der Waals surface area (Å²) in [7, 11) is 0. The van der Waals surface area contributed by atoms with Gasteiger partial charge in [-0.3, -0.25) is 4.79 Å². The van der Waals surface area contributed by atoms with E-state index in [9.17, 15) is 4.79 Å². The van der Waals surface area contributed by atoms with Crippen molar-refractivity contribution in [3.05, 3.63) is 29.3 Å². The molecule has 0 saturated heterocycles. The van der Waals surface area contributed by atoms with Crippen LogP contribution in [0.1, 0.15) is 52.0 Å². The van der Waals surface area contributed by atoms with E-state index >= 15 is 0 Å². The summed E-state index contributed by atoms with van der Waals surface area (Å²) in [5.41, 5.74) is 1.66. The molecular formula is C20H27NO3. The van der Waals surface area contributed by atoms with E-state index in [0.717, 1.165) is 35.5 Å². The van der Waals surface area contributed by atoms with Gasteiger partial charge in [-0.2, -0.15) is 0 Å². The molecule has 1 aliphatic heterocycles. The van der Waals surface area contributed by atoms with Gasteiger partial charge in [-0.1, -0.05) is 25.0 Å². The fourth-order valence-corrected chi connectivity index (χ4v) is 3.74. The molecule has 1 fully saturated rings. The molecule has 4 heteroatoms. The van der Waals surface area contributed by atoms with Crippen LogP contribution in [0.5, 0.6) is 11.5 Å². The molecule has 1 amide bonds. The van der Waals surface area contributed by atoms with Gasteiger partial charge in [-0.05, 0) is 45.8 Å². The number of hydrogen-bond acceptors (Lipinski definition) is 3.